The largest absolute Gasteiger partial charge is 0.377 e. The number of ether oxygens (including phenoxy) is 1. The highest BCUT2D eigenvalue weighted by molar-refractivity contribution is 8.13. The topological polar surface area (TPSA) is 43.4 Å². The molecule has 4 saturated carbocycles. The van der Waals surface area contributed by atoms with Crippen LogP contribution in [0.25, 0.3) is 0 Å². The molecular weight excluding hydrogens is 260 g/mol. The molecular formula is C12H19ClO3S. The fourth-order valence-electron chi connectivity index (χ4n) is 4.43. The fraction of sp³-hybridized carbons (Fsp3) is 1.00. The normalized spacial score (nSPS) is 44.2. The molecule has 0 aliphatic heterocycles. The van der Waals surface area contributed by atoms with Crippen molar-refractivity contribution in [3.8, 4) is 0 Å². The van der Waals surface area contributed by atoms with Gasteiger partial charge in [0.05, 0.1) is 18.5 Å². The summed E-state index contributed by atoms with van der Waals surface area (Å²) in [5.41, 5.74) is 0. The van der Waals surface area contributed by atoms with Gasteiger partial charge in [-0.3, -0.25) is 0 Å². The lowest BCUT2D eigenvalue weighted by molar-refractivity contribution is -0.122. The van der Waals surface area contributed by atoms with Gasteiger partial charge in [-0.2, -0.15) is 0 Å². The predicted molar refractivity (Wildman–Crippen MR) is 66.4 cm³/mol. The molecule has 0 radical (unpaired) electrons. The standard InChI is InChI=1S/C12H19ClO3S/c13-17(14,15)2-1-16-12-10-4-8-3-9(6-10)7-11(12)5-8/h8-12H,1-7H2. The summed E-state index contributed by atoms with van der Waals surface area (Å²) in [6.45, 7) is 0.263. The van der Waals surface area contributed by atoms with E-state index in [1.165, 1.54) is 32.1 Å². The van der Waals surface area contributed by atoms with Crippen LogP contribution in [0, 0.1) is 23.7 Å². The monoisotopic (exact) mass is 278 g/mol. The van der Waals surface area contributed by atoms with Gasteiger partial charge in [0.25, 0.3) is 0 Å². The van der Waals surface area contributed by atoms with E-state index >= 15 is 0 Å². The average molecular weight is 279 g/mol. The van der Waals surface area contributed by atoms with Gasteiger partial charge in [-0.25, -0.2) is 8.42 Å². The summed E-state index contributed by atoms with van der Waals surface area (Å²) in [6, 6.07) is 0. The van der Waals surface area contributed by atoms with E-state index in [0.29, 0.717) is 17.9 Å². The van der Waals surface area contributed by atoms with Crippen molar-refractivity contribution in [3.05, 3.63) is 0 Å². The molecule has 98 valence electrons. The summed E-state index contributed by atoms with van der Waals surface area (Å²) >= 11 is 0. The van der Waals surface area contributed by atoms with Crippen molar-refractivity contribution in [2.45, 2.75) is 38.2 Å². The molecule has 0 atom stereocenters. The highest BCUT2D eigenvalue weighted by atomic mass is 35.7. The summed E-state index contributed by atoms with van der Waals surface area (Å²) in [6.07, 6.45) is 6.92. The minimum Gasteiger partial charge on any atom is -0.377 e. The van der Waals surface area contributed by atoms with Gasteiger partial charge in [-0.15, -0.1) is 0 Å². The summed E-state index contributed by atoms with van der Waals surface area (Å²) in [5.74, 6) is 3.16. The summed E-state index contributed by atoms with van der Waals surface area (Å²) in [5, 5.41) is 0. The van der Waals surface area contributed by atoms with E-state index in [1.807, 2.05) is 0 Å². The van der Waals surface area contributed by atoms with Crippen molar-refractivity contribution in [3.63, 3.8) is 0 Å². The first-order valence-electron chi connectivity index (χ1n) is 6.55. The maximum Gasteiger partial charge on any atom is 0.234 e. The first-order valence-corrected chi connectivity index (χ1v) is 9.03. The highest BCUT2D eigenvalue weighted by Crippen LogP contribution is 2.54. The Kier molecular flexibility index (Phi) is 3.16. The summed E-state index contributed by atoms with van der Waals surface area (Å²) in [4.78, 5) is 0. The second-order valence-electron chi connectivity index (χ2n) is 6.01. The Labute approximate surface area is 107 Å². The highest BCUT2D eigenvalue weighted by Gasteiger charge is 2.48. The van der Waals surface area contributed by atoms with Gasteiger partial charge in [0.2, 0.25) is 9.05 Å². The Balaban J connectivity index is 1.57. The molecule has 0 aromatic carbocycles. The molecule has 5 heteroatoms. The fourth-order valence-corrected chi connectivity index (χ4v) is 4.92. The number of rotatable bonds is 4. The molecule has 0 heterocycles. The van der Waals surface area contributed by atoms with Crippen LogP contribution in [0.3, 0.4) is 0 Å². The Hall–Kier alpha value is 0.200. The van der Waals surface area contributed by atoms with Crippen LogP contribution in [0.5, 0.6) is 0 Å². The molecule has 3 nitrogen and oxygen atoms in total. The Bertz CT molecular complexity index is 365. The minimum absolute atomic E-state index is 0.0582. The molecule has 4 rings (SSSR count). The zero-order valence-corrected chi connectivity index (χ0v) is 11.4. The van der Waals surface area contributed by atoms with Crippen LogP contribution in [0.15, 0.2) is 0 Å². The molecule has 4 bridgehead atoms. The van der Waals surface area contributed by atoms with Crippen LogP contribution >= 0.6 is 10.7 Å². The van der Waals surface area contributed by atoms with Crippen LogP contribution < -0.4 is 0 Å². The average Bonchev–Trinajstić information content (AvgIpc) is 2.19. The van der Waals surface area contributed by atoms with Crippen molar-refractivity contribution in [2.24, 2.45) is 23.7 Å². The summed E-state index contributed by atoms with van der Waals surface area (Å²) in [7, 11) is 1.79. The van der Waals surface area contributed by atoms with E-state index in [1.54, 1.807) is 0 Å². The summed E-state index contributed by atoms with van der Waals surface area (Å²) < 4.78 is 27.6. The van der Waals surface area contributed by atoms with Gasteiger partial charge in [0.15, 0.2) is 0 Å². The maximum atomic E-state index is 10.9. The first kappa shape index (κ1) is 12.2. The van der Waals surface area contributed by atoms with E-state index in [4.69, 9.17) is 15.4 Å². The molecule has 0 aromatic heterocycles. The van der Waals surface area contributed by atoms with Gasteiger partial charge in [0, 0.05) is 10.7 Å². The Morgan fingerprint density at radius 3 is 2.00 bits per heavy atom. The molecule has 0 unspecified atom stereocenters. The lowest BCUT2D eigenvalue weighted by Gasteiger charge is -2.54. The quantitative estimate of drug-likeness (QED) is 0.742. The third-order valence-electron chi connectivity index (χ3n) is 4.78. The molecule has 17 heavy (non-hydrogen) atoms. The second kappa shape index (κ2) is 4.39. The van der Waals surface area contributed by atoms with Gasteiger partial charge in [-0.1, -0.05) is 0 Å². The molecule has 4 aliphatic rings. The minimum atomic E-state index is -3.40. The van der Waals surface area contributed by atoms with Crippen molar-refractivity contribution in [1.82, 2.24) is 0 Å². The van der Waals surface area contributed by atoms with Gasteiger partial charge >= 0.3 is 0 Å². The smallest absolute Gasteiger partial charge is 0.234 e. The van der Waals surface area contributed by atoms with Gasteiger partial charge < -0.3 is 4.74 Å². The van der Waals surface area contributed by atoms with E-state index < -0.39 is 9.05 Å². The first-order chi connectivity index (χ1) is 8.01. The molecule has 0 N–H and O–H groups in total. The number of hydrogen-bond donors (Lipinski definition) is 0. The van der Waals surface area contributed by atoms with Crippen LogP contribution in [0.4, 0.5) is 0 Å². The van der Waals surface area contributed by atoms with Gasteiger partial charge in [0.1, 0.15) is 0 Å². The lowest BCUT2D eigenvalue weighted by atomic mass is 9.55. The Morgan fingerprint density at radius 1 is 1.00 bits per heavy atom. The zero-order chi connectivity index (χ0) is 12.0. The Morgan fingerprint density at radius 2 is 1.53 bits per heavy atom. The molecule has 0 spiro atoms. The number of halogens is 1. The van der Waals surface area contributed by atoms with Crippen molar-refractivity contribution in [2.75, 3.05) is 12.4 Å². The molecule has 4 fully saturated rings. The van der Waals surface area contributed by atoms with Crippen LogP contribution in [-0.4, -0.2) is 26.9 Å². The van der Waals surface area contributed by atoms with Gasteiger partial charge in [-0.05, 0) is 55.8 Å². The molecule has 0 saturated heterocycles. The molecule has 4 aliphatic carbocycles. The van der Waals surface area contributed by atoms with Crippen LogP contribution in [-0.2, 0) is 13.8 Å². The van der Waals surface area contributed by atoms with E-state index in [-0.39, 0.29) is 12.4 Å². The predicted octanol–water partition coefficient (Wildman–Crippen LogP) is 2.40. The molecule has 0 aromatic rings. The third kappa shape index (κ3) is 2.64. The van der Waals surface area contributed by atoms with E-state index in [9.17, 15) is 8.42 Å². The lowest BCUT2D eigenvalue weighted by Crippen LogP contribution is -2.49. The maximum absolute atomic E-state index is 10.9. The van der Waals surface area contributed by atoms with Crippen molar-refractivity contribution < 1.29 is 13.2 Å². The van der Waals surface area contributed by atoms with Crippen LogP contribution in [0.2, 0.25) is 0 Å². The van der Waals surface area contributed by atoms with Crippen molar-refractivity contribution in [1.29, 1.82) is 0 Å². The second-order valence-corrected chi connectivity index (χ2v) is 8.91. The van der Waals surface area contributed by atoms with E-state index in [0.717, 1.165) is 11.8 Å². The SMILES string of the molecule is O=S(=O)(Cl)CCOC1C2CC3CC(C2)CC1C3. The van der Waals surface area contributed by atoms with E-state index in [2.05, 4.69) is 0 Å². The third-order valence-corrected chi connectivity index (χ3v) is 5.89. The molecule has 0 amide bonds. The number of hydrogen-bond acceptors (Lipinski definition) is 3. The zero-order valence-electron chi connectivity index (χ0n) is 9.85. The van der Waals surface area contributed by atoms with Crippen molar-refractivity contribution >= 4 is 19.7 Å². The van der Waals surface area contributed by atoms with Crippen LogP contribution in [0.1, 0.15) is 32.1 Å².